The SMILES string of the molecule is CCCC[C@]1(c2ccc(F)cc2)NC(=O)N(CC(=O)Nc2cc(Cl)ccc2C)C1=O. The first-order valence-corrected chi connectivity index (χ1v) is 10.1. The van der Waals surface area contributed by atoms with Gasteiger partial charge in [-0.15, -0.1) is 0 Å². The standard InChI is InChI=1S/C22H23ClFN3O3/c1-3-4-11-22(15-6-9-17(24)10-7-15)20(29)27(21(30)26-22)13-19(28)25-18-12-16(23)8-5-14(18)2/h5-10,12H,3-4,11,13H2,1-2H3,(H,25,28)(H,26,30)/t22-/m1/s1. The Hall–Kier alpha value is -2.93. The number of hydrogen-bond donors (Lipinski definition) is 2. The van der Waals surface area contributed by atoms with Crippen LogP contribution in [0.1, 0.15) is 37.3 Å². The van der Waals surface area contributed by atoms with Crippen molar-refractivity contribution in [2.24, 2.45) is 0 Å². The van der Waals surface area contributed by atoms with Crippen LogP contribution in [-0.4, -0.2) is 29.3 Å². The van der Waals surface area contributed by atoms with E-state index in [4.69, 9.17) is 11.6 Å². The number of carbonyl (C=O) groups excluding carboxylic acids is 3. The normalized spacial score (nSPS) is 18.5. The second-order valence-corrected chi connectivity index (χ2v) is 7.78. The molecule has 1 aliphatic heterocycles. The summed E-state index contributed by atoms with van der Waals surface area (Å²) in [5, 5.41) is 5.89. The molecule has 0 aliphatic carbocycles. The minimum Gasteiger partial charge on any atom is -0.324 e. The lowest BCUT2D eigenvalue weighted by Crippen LogP contribution is -2.44. The van der Waals surface area contributed by atoms with Crippen molar-refractivity contribution in [2.75, 3.05) is 11.9 Å². The largest absolute Gasteiger partial charge is 0.325 e. The van der Waals surface area contributed by atoms with Crippen molar-refractivity contribution < 1.29 is 18.8 Å². The fraction of sp³-hybridized carbons (Fsp3) is 0.318. The van der Waals surface area contributed by atoms with Crippen LogP contribution < -0.4 is 10.6 Å². The number of unbranched alkanes of at least 4 members (excludes halogenated alkanes) is 1. The Morgan fingerprint density at radius 2 is 1.90 bits per heavy atom. The van der Waals surface area contributed by atoms with E-state index in [2.05, 4.69) is 10.6 Å². The highest BCUT2D eigenvalue weighted by Gasteiger charge is 2.52. The Kier molecular flexibility index (Phi) is 6.41. The van der Waals surface area contributed by atoms with Crippen LogP contribution in [0.15, 0.2) is 42.5 Å². The number of nitrogens with one attached hydrogen (secondary N) is 2. The van der Waals surface area contributed by atoms with E-state index < -0.39 is 35.7 Å². The van der Waals surface area contributed by atoms with Crippen LogP contribution in [0.3, 0.4) is 0 Å². The molecule has 30 heavy (non-hydrogen) atoms. The first-order valence-electron chi connectivity index (χ1n) is 9.73. The molecule has 1 fully saturated rings. The second kappa shape index (κ2) is 8.83. The molecule has 1 heterocycles. The maximum absolute atomic E-state index is 13.4. The Morgan fingerprint density at radius 3 is 2.57 bits per heavy atom. The zero-order valence-electron chi connectivity index (χ0n) is 16.8. The van der Waals surface area contributed by atoms with Gasteiger partial charge in [-0.2, -0.15) is 0 Å². The molecule has 1 atom stereocenters. The lowest BCUT2D eigenvalue weighted by molar-refractivity contribution is -0.134. The third-order valence-corrected chi connectivity index (χ3v) is 5.43. The highest BCUT2D eigenvalue weighted by atomic mass is 35.5. The number of benzene rings is 2. The average molecular weight is 432 g/mol. The molecule has 3 rings (SSSR count). The fourth-order valence-electron chi connectivity index (χ4n) is 3.52. The molecular formula is C22H23ClFN3O3. The molecular weight excluding hydrogens is 409 g/mol. The number of urea groups is 1. The molecule has 2 aromatic rings. The summed E-state index contributed by atoms with van der Waals surface area (Å²) >= 11 is 5.98. The van der Waals surface area contributed by atoms with Gasteiger partial charge in [0.05, 0.1) is 0 Å². The predicted molar refractivity (Wildman–Crippen MR) is 113 cm³/mol. The van der Waals surface area contributed by atoms with Gasteiger partial charge in [0, 0.05) is 10.7 Å². The second-order valence-electron chi connectivity index (χ2n) is 7.34. The summed E-state index contributed by atoms with van der Waals surface area (Å²) < 4.78 is 13.4. The topological polar surface area (TPSA) is 78.5 Å². The highest BCUT2D eigenvalue weighted by Crippen LogP contribution is 2.34. The molecule has 2 aromatic carbocycles. The number of anilines is 1. The fourth-order valence-corrected chi connectivity index (χ4v) is 3.69. The summed E-state index contributed by atoms with van der Waals surface area (Å²) in [4.78, 5) is 39.4. The van der Waals surface area contributed by atoms with Crippen LogP contribution in [0, 0.1) is 12.7 Å². The number of hydrogen-bond acceptors (Lipinski definition) is 3. The van der Waals surface area contributed by atoms with Crippen LogP contribution in [0.2, 0.25) is 5.02 Å². The summed E-state index contributed by atoms with van der Waals surface area (Å²) in [5.74, 6) is -1.48. The number of imide groups is 1. The summed E-state index contributed by atoms with van der Waals surface area (Å²) in [5.41, 5.74) is 0.487. The molecule has 0 aromatic heterocycles. The monoisotopic (exact) mass is 431 g/mol. The Labute approximate surface area is 179 Å². The average Bonchev–Trinajstić information content (AvgIpc) is 2.95. The van der Waals surface area contributed by atoms with Crippen molar-refractivity contribution in [3.05, 3.63) is 64.4 Å². The molecule has 0 spiro atoms. The maximum Gasteiger partial charge on any atom is 0.325 e. The number of amides is 4. The van der Waals surface area contributed by atoms with E-state index in [0.717, 1.165) is 16.9 Å². The number of rotatable bonds is 7. The van der Waals surface area contributed by atoms with Gasteiger partial charge < -0.3 is 10.6 Å². The van der Waals surface area contributed by atoms with E-state index in [1.807, 2.05) is 13.8 Å². The van der Waals surface area contributed by atoms with Gasteiger partial charge in [-0.05, 0) is 48.7 Å². The lowest BCUT2D eigenvalue weighted by Gasteiger charge is -2.27. The van der Waals surface area contributed by atoms with Gasteiger partial charge in [-0.3, -0.25) is 14.5 Å². The van der Waals surface area contributed by atoms with Crippen molar-refractivity contribution in [2.45, 2.75) is 38.6 Å². The molecule has 0 unspecified atom stereocenters. The first-order chi connectivity index (χ1) is 14.3. The molecule has 2 N–H and O–H groups in total. The molecule has 1 saturated heterocycles. The van der Waals surface area contributed by atoms with Crippen molar-refractivity contribution >= 4 is 35.1 Å². The quantitative estimate of drug-likeness (QED) is 0.639. The summed E-state index contributed by atoms with van der Waals surface area (Å²) in [6.07, 6.45) is 1.83. The molecule has 4 amide bonds. The van der Waals surface area contributed by atoms with Gasteiger partial charge in [0.25, 0.3) is 5.91 Å². The van der Waals surface area contributed by atoms with Crippen molar-refractivity contribution in [3.63, 3.8) is 0 Å². The van der Waals surface area contributed by atoms with Gasteiger partial charge >= 0.3 is 6.03 Å². The predicted octanol–water partition coefficient (Wildman–Crippen LogP) is 4.36. The number of nitrogens with zero attached hydrogens (tertiary/aromatic N) is 1. The lowest BCUT2D eigenvalue weighted by atomic mass is 9.85. The molecule has 0 radical (unpaired) electrons. The number of aryl methyl sites for hydroxylation is 1. The zero-order valence-corrected chi connectivity index (χ0v) is 17.6. The summed E-state index contributed by atoms with van der Waals surface area (Å²) in [6, 6.07) is 9.89. The minimum absolute atomic E-state index is 0.352. The Morgan fingerprint density at radius 1 is 1.20 bits per heavy atom. The van der Waals surface area contributed by atoms with Crippen LogP contribution in [0.25, 0.3) is 0 Å². The highest BCUT2D eigenvalue weighted by molar-refractivity contribution is 6.31. The van der Waals surface area contributed by atoms with E-state index in [9.17, 15) is 18.8 Å². The first kappa shape index (κ1) is 21.8. The maximum atomic E-state index is 13.4. The summed E-state index contributed by atoms with van der Waals surface area (Å²) in [6.45, 7) is 3.34. The van der Waals surface area contributed by atoms with Crippen LogP contribution >= 0.6 is 11.6 Å². The van der Waals surface area contributed by atoms with Crippen molar-refractivity contribution in [1.82, 2.24) is 10.2 Å². The zero-order chi connectivity index (χ0) is 21.9. The van der Waals surface area contributed by atoms with E-state index in [0.29, 0.717) is 29.1 Å². The smallest absolute Gasteiger partial charge is 0.324 e. The van der Waals surface area contributed by atoms with Gasteiger partial charge in [0.15, 0.2) is 0 Å². The Bertz CT molecular complexity index is 980. The van der Waals surface area contributed by atoms with Gasteiger partial charge in [-0.25, -0.2) is 9.18 Å². The third kappa shape index (κ3) is 4.31. The van der Waals surface area contributed by atoms with Crippen molar-refractivity contribution in [3.8, 4) is 0 Å². The van der Waals surface area contributed by atoms with Gasteiger partial charge in [-0.1, -0.05) is 49.6 Å². The van der Waals surface area contributed by atoms with Crippen LogP contribution in [-0.2, 0) is 15.1 Å². The molecule has 0 bridgehead atoms. The Balaban J connectivity index is 1.83. The van der Waals surface area contributed by atoms with Gasteiger partial charge in [0.1, 0.15) is 17.9 Å². The van der Waals surface area contributed by atoms with E-state index in [-0.39, 0.29) is 0 Å². The molecule has 1 aliphatic rings. The van der Waals surface area contributed by atoms with Crippen molar-refractivity contribution in [1.29, 1.82) is 0 Å². The van der Waals surface area contributed by atoms with E-state index in [1.165, 1.54) is 24.3 Å². The van der Waals surface area contributed by atoms with Gasteiger partial charge in [0.2, 0.25) is 5.91 Å². The molecule has 0 saturated carbocycles. The van der Waals surface area contributed by atoms with E-state index >= 15 is 0 Å². The van der Waals surface area contributed by atoms with Crippen LogP contribution in [0.5, 0.6) is 0 Å². The third-order valence-electron chi connectivity index (χ3n) is 5.19. The minimum atomic E-state index is -1.31. The van der Waals surface area contributed by atoms with E-state index in [1.54, 1.807) is 18.2 Å². The summed E-state index contributed by atoms with van der Waals surface area (Å²) in [7, 11) is 0. The van der Waals surface area contributed by atoms with Crippen LogP contribution in [0.4, 0.5) is 14.9 Å². The molecule has 158 valence electrons. The number of carbonyl (C=O) groups is 3. The molecule has 6 nitrogen and oxygen atoms in total. The molecule has 8 heteroatoms. The number of halogens is 2.